The quantitative estimate of drug-likeness (QED) is 0.401. The number of hydrogen-bond acceptors (Lipinski definition) is 9. The number of morpholine rings is 1. The molecule has 2 aromatic heterocycles. The Labute approximate surface area is 192 Å². The summed E-state index contributed by atoms with van der Waals surface area (Å²) in [5, 5.41) is 19.7. The van der Waals surface area contributed by atoms with Crippen molar-refractivity contribution in [1.82, 2.24) is 25.5 Å². The Balaban J connectivity index is 1.35. The molecular formula is C22H30N8OS. The zero-order valence-electron chi connectivity index (χ0n) is 18.4. The summed E-state index contributed by atoms with van der Waals surface area (Å²) in [4.78, 5) is 11.8. The molecule has 0 atom stereocenters. The molecule has 9 nitrogen and oxygen atoms in total. The Hall–Kier alpha value is -2.56. The fourth-order valence-electron chi connectivity index (χ4n) is 4.27. The van der Waals surface area contributed by atoms with Crippen LogP contribution in [0, 0.1) is 5.92 Å². The van der Waals surface area contributed by atoms with E-state index in [1.54, 1.807) is 11.8 Å². The predicted molar refractivity (Wildman–Crippen MR) is 130 cm³/mol. The number of fused-ring (bicyclic) bond motifs is 1. The number of benzene rings is 1. The van der Waals surface area contributed by atoms with Gasteiger partial charge in [-0.2, -0.15) is 15.1 Å². The van der Waals surface area contributed by atoms with Crippen molar-refractivity contribution in [3.8, 4) is 0 Å². The number of aromatic amines is 1. The minimum atomic E-state index is 0.556. The minimum Gasteiger partial charge on any atom is -0.378 e. The van der Waals surface area contributed by atoms with Gasteiger partial charge in [0.1, 0.15) is 10.8 Å². The van der Waals surface area contributed by atoms with Gasteiger partial charge in [-0.25, -0.2) is 0 Å². The van der Waals surface area contributed by atoms with Gasteiger partial charge in [-0.15, -0.1) is 11.8 Å². The maximum absolute atomic E-state index is 5.45. The van der Waals surface area contributed by atoms with E-state index in [2.05, 4.69) is 60.3 Å². The third-order valence-corrected chi connectivity index (χ3v) is 6.78. The lowest BCUT2D eigenvalue weighted by atomic mass is 9.98. The second-order valence-corrected chi connectivity index (χ2v) is 8.99. The SMILES string of the molecule is CSc1n[nH]c2nc(Nc3ccc(N4CCOCC4)cc3)nc(NCC3CCNCC3)c12. The number of nitrogens with zero attached hydrogens (tertiary/aromatic N) is 4. The number of aromatic nitrogens is 4. The van der Waals surface area contributed by atoms with Gasteiger partial charge in [0.15, 0.2) is 5.65 Å². The Morgan fingerprint density at radius 1 is 1.12 bits per heavy atom. The maximum Gasteiger partial charge on any atom is 0.231 e. The van der Waals surface area contributed by atoms with Crippen molar-refractivity contribution in [3.63, 3.8) is 0 Å². The van der Waals surface area contributed by atoms with Gasteiger partial charge in [-0.1, -0.05) is 0 Å². The van der Waals surface area contributed by atoms with Crippen LogP contribution in [0.15, 0.2) is 29.3 Å². The molecule has 3 aromatic rings. The van der Waals surface area contributed by atoms with E-state index in [4.69, 9.17) is 9.72 Å². The maximum atomic E-state index is 5.45. The molecule has 0 spiro atoms. The Bertz CT molecular complexity index is 1030. The number of nitrogens with one attached hydrogen (secondary N) is 4. The van der Waals surface area contributed by atoms with Gasteiger partial charge < -0.3 is 25.6 Å². The average molecular weight is 455 g/mol. The lowest BCUT2D eigenvalue weighted by Gasteiger charge is -2.28. The molecule has 0 amide bonds. The number of anilines is 4. The van der Waals surface area contributed by atoms with E-state index in [1.165, 1.54) is 18.5 Å². The van der Waals surface area contributed by atoms with E-state index in [0.717, 1.165) is 73.5 Å². The summed E-state index contributed by atoms with van der Waals surface area (Å²) in [5.74, 6) is 2.04. The van der Waals surface area contributed by atoms with Gasteiger partial charge in [-0.05, 0) is 62.4 Å². The van der Waals surface area contributed by atoms with Gasteiger partial charge >= 0.3 is 0 Å². The second-order valence-electron chi connectivity index (χ2n) is 8.20. The number of H-pyrrole nitrogens is 1. The Morgan fingerprint density at radius 2 is 1.91 bits per heavy atom. The summed E-state index contributed by atoms with van der Waals surface area (Å²) in [6, 6.07) is 8.40. The second kappa shape index (κ2) is 9.93. The van der Waals surface area contributed by atoms with E-state index < -0.39 is 0 Å². The largest absolute Gasteiger partial charge is 0.378 e. The normalized spacial score (nSPS) is 17.6. The number of hydrogen-bond donors (Lipinski definition) is 4. The van der Waals surface area contributed by atoms with Crippen molar-refractivity contribution in [1.29, 1.82) is 0 Å². The van der Waals surface area contributed by atoms with E-state index in [1.807, 2.05) is 6.26 Å². The van der Waals surface area contributed by atoms with Crippen LogP contribution in [0.5, 0.6) is 0 Å². The van der Waals surface area contributed by atoms with Crippen LogP contribution < -0.4 is 20.9 Å². The molecule has 0 radical (unpaired) electrons. The fraction of sp³-hybridized carbons (Fsp3) is 0.500. The highest BCUT2D eigenvalue weighted by Gasteiger charge is 2.18. The monoisotopic (exact) mass is 454 g/mol. The van der Waals surface area contributed by atoms with Crippen LogP contribution in [0.25, 0.3) is 11.0 Å². The molecule has 1 aromatic carbocycles. The molecule has 32 heavy (non-hydrogen) atoms. The van der Waals surface area contributed by atoms with Gasteiger partial charge in [0.05, 0.1) is 18.6 Å². The summed E-state index contributed by atoms with van der Waals surface area (Å²) in [7, 11) is 0. The Morgan fingerprint density at radius 3 is 2.66 bits per heavy atom. The summed E-state index contributed by atoms with van der Waals surface area (Å²) in [5.41, 5.74) is 2.90. The first-order valence-electron chi connectivity index (χ1n) is 11.2. The number of ether oxygens (including phenoxy) is 1. The molecule has 0 aliphatic carbocycles. The average Bonchev–Trinajstić information content (AvgIpc) is 3.27. The lowest BCUT2D eigenvalue weighted by Crippen LogP contribution is -2.36. The van der Waals surface area contributed by atoms with Crippen molar-refractivity contribution in [2.75, 3.05) is 67.7 Å². The van der Waals surface area contributed by atoms with E-state index in [-0.39, 0.29) is 0 Å². The molecule has 4 N–H and O–H groups in total. The van der Waals surface area contributed by atoms with E-state index >= 15 is 0 Å². The highest BCUT2D eigenvalue weighted by Crippen LogP contribution is 2.31. The number of rotatable bonds is 7. The topological polar surface area (TPSA) is 103 Å². The molecule has 0 saturated carbocycles. The first kappa shape index (κ1) is 21.3. The molecule has 2 saturated heterocycles. The zero-order chi connectivity index (χ0) is 21.8. The fourth-order valence-corrected chi connectivity index (χ4v) is 4.80. The molecule has 2 aliphatic rings. The zero-order valence-corrected chi connectivity index (χ0v) is 19.2. The van der Waals surface area contributed by atoms with Gasteiger partial charge in [0.25, 0.3) is 0 Å². The van der Waals surface area contributed by atoms with Crippen LogP contribution in [0.1, 0.15) is 12.8 Å². The molecule has 10 heteroatoms. The van der Waals surface area contributed by atoms with Gasteiger partial charge in [0, 0.05) is 31.0 Å². The van der Waals surface area contributed by atoms with Crippen molar-refractivity contribution >= 4 is 45.9 Å². The third-order valence-electron chi connectivity index (χ3n) is 6.10. The van der Waals surface area contributed by atoms with Crippen molar-refractivity contribution < 1.29 is 4.74 Å². The molecule has 4 heterocycles. The number of piperidine rings is 1. The first-order chi connectivity index (χ1) is 15.8. The van der Waals surface area contributed by atoms with Crippen molar-refractivity contribution in [3.05, 3.63) is 24.3 Å². The smallest absolute Gasteiger partial charge is 0.231 e. The third kappa shape index (κ3) is 4.77. The molecular weight excluding hydrogens is 424 g/mol. The summed E-state index contributed by atoms with van der Waals surface area (Å²) in [6.07, 6.45) is 4.39. The van der Waals surface area contributed by atoms with Crippen LogP contribution in [0.4, 0.5) is 23.1 Å². The summed E-state index contributed by atoms with van der Waals surface area (Å²) >= 11 is 1.60. The molecule has 2 aliphatic heterocycles. The van der Waals surface area contributed by atoms with Crippen molar-refractivity contribution in [2.45, 2.75) is 17.9 Å². The first-order valence-corrected chi connectivity index (χ1v) is 12.5. The lowest BCUT2D eigenvalue weighted by molar-refractivity contribution is 0.122. The molecule has 170 valence electrons. The van der Waals surface area contributed by atoms with E-state index in [9.17, 15) is 0 Å². The highest BCUT2D eigenvalue weighted by atomic mass is 32.2. The number of thioether (sulfide) groups is 1. The predicted octanol–water partition coefficient (Wildman–Crippen LogP) is 3.07. The molecule has 0 bridgehead atoms. The van der Waals surface area contributed by atoms with Crippen LogP contribution in [0.2, 0.25) is 0 Å². The van der Waals surface area contributed by atoms with E-state index in [0.29, 0.717) is 11.9 Å². The van der Waals surface area contributed by atoms with Crippen LogP contribution in [-0.4, -0.2) is 72.4 Å². The standard InChI is InChI=1S/C22H30N8OS/c1-32-21-18-19(24-14-15-6-8-23-9-7-15)26-22(27-20(18)28-29-21)25-16-2-4-17(5-3-16)30-10-12-31-13-11-30/h2-5,15,23H,6-14H2,1H3,(H3,24,25,26,27,28,29). The molecule has 0 unspecified atom stereocenters. The van der Waals surface area contributed by atoms with Crippen LogP contribution in [0.3, 0.4) is 0 Å². The van der Waals surface area contributed by atoms with Crippen molar-refractivity contribution in [2.24, 2.45) is 5.92 Å². The highest BCUT2D eigenvalue weighted by molar-refractivity contribution is 7.98. The van der Waals surface area contributed by atoms with Gasteiger partial charge in [0.2, 0.25) is 5.95 Å². The summed E-state index contributed by atoms with van der Waals surface area (Å²) < 4.78 is 5.45. The molecule has 5 rings (SSSR count). The van der Waals surface area contributed by atoms with Gasteiger partial charge in [-0.3, -0.25) is 5.10 Å². The Kier molecular flexibility index (Phi) is 6.61. The minimum absolute atomic E-state index is 0.556. The summed E-state index contributed by atoms with van der Waals surface area (Å²) in [6.45, 7) is 6.49. The van der Waals surface area contributed by atoms with Crippen LogP contribution >= 0.6 is 11.8 Å². The molecule has 2 fully saturated rings. The van der Waals surface area contributed by atoms with Crippen LogP contribution in [-0.2, 0) is 4.74 Å².